The van der Waals surface area contributed by atoms with E-state index in [0.717, 1.165) is 8.95 Å². The molecule has 0 unspecified atom stereocenters. The Kier molecular flexibility index (Phi) is 4.30. The molecule has 0 aromatic heterocycles. The summed E-state index contributed by atoms with van der Waals surface area (Å²) in [6.45, 7) is 0. The van der Waals surface area contributed by atoms with E-state index < -0.39 is 0 Å². The van der Waals surface area contributed by atoms with E-state index in [0.29, 0.717) is 5.56 Å². The molecular weight excluding hydrogens is 310 g/mol. The zero-order valence-electron chi connectivity index (χ0n) is 7.26. The van der Waals surface area contributed by atoms with Crippen LogP contribution < -0.4 is 0 Å². The van der Waals surface area contributed by atoms with Crippen molar-refractivity contribution in [3.63, 3.8) is 0 Å². The molecule has 0 aliphatic rings. The largest absolute Gasteiger partial charge is 0.294 e. The quantitative estimate of drug-likeness (QED) is 0.798. The maximum atomic E-state index is 11.5. The van der Waals surface area contributed by atoms with Gasteiger partial charge in [0.15, 0.2) is 5.78 Å². The molecule has 2 nitrogen and oxygen atoms in total. The van der Waals surface area contributed by atoms with Gasteiger partial charge < -0.3 is 0 Å². The fourth-order valence-corrected chi connectivity index (χ4v) is 1.61. The summed E-state index contributed by atoms with van der Waals surface area (Å²) in [6.07, 6.45) is 0.553. The maximum Gasteiger partial charge on any atom is 0.163 e. The topological polar surface area (TPSA) is 40.9 Å². The van der Waals surface area contributed by atoms with Crippen LogP contribution in [0.3, 0.4) is 0 Å². The minimum Gasteiger partial charge on any atom is -0.294 e. The van der Waals surface area contributed by atoms with Crippen LogP contribution in [0.25, 0.3) is 0 Å². The molecule has 0 bridgehead atoms. The van der Waals surface area contributed by atoms with Crippen LogP contribution in [0.5, 0.6) is 0 Å². The van der Waals surface area contributed by atoms with E-state index in [1.165, 1.54) is 0 Å². The molecule has 14 heavy (non-hydrogen) atoms. The van der Waals surface area contributed by atoms with Gasteiger partial charge in [0.1, 0.15) is 0 Å². The summed E-state index contributed by atoms with van der Waals surface area (Å²) >= 11 is 6.64. The lowest BCUT2D eigenvalue weighted by atomic mass is 10.1. The highest BCUT2D eigenvalue weighted by Gasteiger charge is 2.06. The van der Waals surface area contributed by atoms with Gasteiger partial charge in [-0.25, -0.2) is 0 Å². The Morgan fingerprint density at radius 3 is 2.64 bits per heavy atom. The van der Waals surface area contributed by atoms with Gasteiger partial charge in [-0.05, 0) is 44.0 Å². The highest BCUT2D eigenvalue weighted by atomic mass is 79.9. The van der Waals surface area contributed by atoms with Gasteiger partial charge in [0.25, 0.3) is 0 Å². The number of rotatable bonds is 3. The molecule has 0 heterocycles. The average Bonchev–Trinajstić information content (AvgIpc) is 2.18. The standard InChI is InChI=1S/C10H7Br2NO/c11-8-4-3-7(6-9(8)12)10(14)2-1-5-13/h3-4,6H,1-2H2. The Balaban J connectivity index is 2.82. The van der Waals surface area contributed by atoms with Crippen molar-refractivity contribution in [3.05, 3.63) is 32.7 Å². The highest BCUT2D eigenvalue weighted by Crippen LogP contribution is 2.24. The molecule has 0 spiro atoms. The number of hydrogen-bond acceptors (Lipinski definition) is 2. The first-order chi connectivity index (χ1) is 6.65. The van der Waals surface area contributed by atoms with Crippen molar-refractivity contribution in [3.8, 4) is 6.07 Å². The van der Waals surface area contributed by atoms with E-state index >= 15 is 0 Å². The summed E-state index contributed by atoms with van der Waals surface area (Å²) in [5, 5.41) is 8.34. The van der Waals surface area contributed by atoms with Gasteiger partial charge >= 0.3 is 0 Å². The lowest BCUT2D eigenvalue weighted by molar-refractivity contribution is 0.0984. The molecule has 0 saturated heterocycles. The Hall–Kier alpha value is -0.660. The number of hydrogen-bond donors (Lipinski definition) is 0. The minimum absolute atomic E-state index is 0.000231. The normalized spacial score (nSPS) is 9.50. The van der Waals surface area contributed by atoms with E-state index in [4.69, 9.17) is 5.26 Å². The second-order valence-electron chi connectivity index (χ2n) is 2.71. The first kappa shape index (κ1) is 11.4. The van der Waals surface area contributed by atoms with Crippen molar-refractivity contribution >= 4 is 37.6 Å². The second-order valence-corrected chi connectivity index (χ2v) is 4.42. The molecule has 0 aliphatic heterocycles. The van der Waals surface area contributed by atoms with Crippen LogP contribution in [0.15, 0.2) is 27.1 Å². The zero-order valence-corrected chi connectivity index (χ0v) is 10.4. The Bertz CT molecular complexity index is 396. The third kappa shape index (κ3) is 2.93. The van der Waals surface area contributed by atoms with Crippen molar-refractivity contribution in [2.45, 2.75) is 12.8 Å². The number of carbonyl (C=O) groups excluding carboxylic acids is 1. The Morgan fingerprint density at radius 2 is 2.07 bits per heavy atom. The van der Waals surface area contributed by atoms with Gasteiger partial charge in [0.05, 0.1) is 6.07 Å². The highest BCUT2D eigenvalue weighted by molar-refractivity contribution is 9.13. The average molecular weight is 317 g/mol. The maximum absolute atomic E-state index is 11.5. The van der Waals surface area contributed by atoms with Crippen molar-refractivity contribution in [1.29, 1.82) is 5.26 Å². The fraction of sp³-hybridized carbons (Fsp3) is 0.200. The predicted octanol–water partition coefficient (Wildman–Crippen LogP) is 3.70. The smallest absolute Gasteiger partial charge is 0.163 e. The van der Waals surface area contributed by atoms with E-state index in [1.807, 2.05) is 12.1 Å². The van der Waals surface area contributed by atoms with Gasteiger partial charge in [-0.1, -0.05) is 6.07 Å². The second kappa shape index (κ2) is 5.28. The molecule has 0 N–H and O–H groups in total. The third-order valence-electron chi connectivity index (χ3n) is 1.71. The summed E-state index contributed by atoms with van der Waals surface area (Å²) in [6, 6.07) is 7.26. The third-order valence-corrected chi connectivity index (χ3v) is 3.59. The molecular formula is C10H7Br2NO. The van der Waals surface area contributed by atoms with Crippen LogP contribution in [0.4, 0.5) is 0 Å². The van der Waals surface area contributed by atoms with Gasteiger partial charge in [-0.2, -0.15) is 5.26 Å². The predicted molar refractivity (Wildman–Crippen MR) is 61.0 cm³/mol. The summed E-state index contributed by atoms with van der Waals surface area (Å²) in [7, 11) is 0. The Labute approximate surface area is 99.2 Å². The molecule has 0 radical (unpaired) electrons. The lowest BCUT2D eigenvalue weighted by Crippen LogP contribution is -1.98. The van der Waals surface area contributed by atoms with Crippen LogP contribution in [0.2, 0.25) is 0 Å². The van der Waals surface area contributed by atoms with E-state index in [2.05, 4.69) is 31.9 Å². The number of nitriles is 1. The monoisotopic (exact) mass is 315 g/mol. The number of benzene rings is 1. The fourth-order valence-electron chi connectivity index (χ4n) is 0.983. The van der Waals surface area contributed by atoms with Crippen molar-refractivity contribution in [1.82, 2.24) is 0 Å². The SMILES string of the molecule is N#CCCC(=O)c1ccc(Br)c(Br)c1. The number of nitrogens with zero attached hydrogens (tertiary/aromatic N) is 1. The van der Waals surface area contributed by atoms with E-state index in [-0.39, 0.29) is 18.6 Å². The van der Waals surface area contributed by atoms with Gasteiger partial charge in [-0.3, -0.25) is 4.79 Å². The summed E-state index contributed by atoms with van der Waals surface area (Å²) in [5.74, 6) is -0.000231. The van der Waals surface area contributed by atoms with E-state index in [1.54, 1.807) is 12.1 Å². The van der Waals surface area contributed by atoms with Crippen LogP contribution in [-0.2, 0) is 0 Å². The molecule has 1 rings (SSSR count). The number of carbonyl (C=O) groups is 1. The summed E-state index contributed by atoms with van der Waals surface area (Å²) in [5.41, 5.74) is 0.635. The molecule has 0 atom stereocenters. The summed E-state index contributed by atoms with van der Waals surface area (Å²) < 4.78 is 1.76. The molecule has 0 fully saturated rings. The van der Waals surface area contributed by atoms with Crippen molar-refractivity contribution in [2.24, 2.45) is 0 Å². The van der Waals surface area contributed by atoms with Crippen LogP contribution in [0, 0.1) is 11.3 Å². The number of halogens is 2. The summed E-state index contributed by atoms with van der Waals surface area (Å²) in [4.78, 5) is 11.5. The minimum atomic E-state index is -0.000231. The first-order valence-electron chi connectivity index (χ1n) is 4.00. The molecule has 1 aromatic carbocycles. The van der Waals surface area contributed by atoms with Crippen LogP contribution >= 0.6 is 31.9 Å². The van der Waals surface area contributed by atoms with E-state index in [9.17, 15) is 4.79 Å². The van der Waals surface area contributed by atoms with Gasteiger partial charge in [0.2, 0.25) is 0 Å². The number of Topliss-reactive ketones (excluding diaryl/α,β-unsaturated/α-hetero) is 1. The lowest BCUT2D eigenvalue weighted by Gasteiger charge is -2.00. The Morgan fingerprint density at radius 1 is 1.36 bits per heavy atom. The zero-order chi connectivity index (χ0) is 10.6. The molecule has 0 saturated carbocycles. The number of ketones is 1. The molecule has 1 aromatic rings. The van der Waals surface area contributed by atoms with Crippen molar-refractivity contribution in [2.75, 3.05) is 0 Å². The van der Waals surface area contributed by atoms with Crippen LogP contribution in [0.1, 0.15) is 23.2 Å². The van der Waals surface area contributed by atoms with Crippen LogP contribution in [-0.4, -0.2) is 5.78 Å². The van der Waals surface area contributed by atoms with Gasteiger partial charge in [-0.15, -0.1) is 0 Å². The molecule has 4 heteroatoms. The first-order valence-corrected chi connectivity index (χ1v) is 5.59. The molecule has 0 aliphatic carbocycles. The van der Waals surface area contributed by atoms with Gasteiger partial charge in [0, 0.05) is 27.4 Å². The molecule has 0 amide bonds. The molecule has 72 valence electrons. The van der Waals surface area contributed by atoms with Crippen molar-refractivity contribution < 1.29 is 4.79 Å².